The number of hydrogen-bond acceptors (Lipinski definition) is 3. The first kappa shape index (κ1) is 10.8. The molecule has 0 unspecified atom stereocenters. The molecule has 1 heterocycles. The maximum Gasteiger partial charge on any atom is 0.417 e. The van der Waals surface area contributed by atoms with E-state index in [1.807, 2.05) is 13.8 Å². The molecule has 0 aliphatic carbocycles. The Kier molecular flexibility index (Phi) is 3.28. The van der Waals surface area contributed by atoms with E-state index >= 15 is 0 Å². The number of nitrogens with zero attached hydrogens (tertiary/aromatic N) is 1. The predicted molar refractivity (Wildman–Crippen MR) is 51.6 cm³/mol. The normalized spacial score (nSPS) is 22.1. The van der Waals surface area contributed by atoms with Crippen LogP contribution in [-0.4, -0.2) is 29.5 Å². The maximum atomic E-state index is 11.5. The Morgan fingerprint density at radius 2 is 2.29 bits per heavy atom. The molecule has 0 bridgehead atoms. The minimum Gasteiger partial charge on any atom is -0.447 e. The number of amides is 2. The van der Waals surface area contributed by atoms with Gasteiger partial charge in [0.2, 0.25) is 0 Å². The first-order valence-electron chi connectivity index (χ1n) is 4.70. The van der Waals surface area contributed by atoms with Gasteiger partial charge in [-0.1, -0.05) is 19.9 Å². The molecule has 1 rings (SSSR count). The van der Waals surface area contributed by atoms with E-state index in [-0.39, 0.29) is 17.9 Å². The highest BCUT2D eigenvalue weighted by atomic mass is 16.6. The summed E-state index contributed by atoms with van der Waals surface area (Å²) < 4.78 is 4.84. The van der Waals surface area contributed by atoms with Crippen molar-refractivity contribution in [3.05, 3.63) is 12.2 Å². The second kappa shape index (κ2) is 4.26. The van der Waals surface area contributed by atoms with E-state index in [0.717, 1.165) is 0 Å². The summed E-state index contributed by atoms with van der Waals surface area (Å²) in [6, 6.07) is -0.133. The smallest absolute Gasteiger partial charge is 0.417 e. The minimum absolute atomic E-state index is 0.133. The highest BCUT2D eigenvalue weighted by Crippen LogP contribution is 2.19. The lowest BCUT2D eigenvalue weighted by atomic mass is 10.0. The third-order valence-corrected chi connectivity index (χ3v) is 2.22. The molecule has 0 saturated carbocycles. The molecular formula is C10H15NO3. The summed E-state index contributed by atoms with van der Waals surface area (Å²) in [4.78, 5) is 23.9. The fourth-order valence-electron chi connectivity index (χ4n) is 1.40. The third-order valence-electron chi connectivity index (χ3n) is 2.22. The monoisotopic (exact) mass is 197 g/mol. The number of rotatable bonds is 2. The average Bonchev–Trinajstić information content (AvgIpc) is 2.47. The van der Waals surface area contributed by atoms with Crippen LogP contribution in [0.4, 0.5) is 4.79 Å². The van der Waals surface area contributed by atoms with Gasteiger partial charge in [-0.15, -0.1) is 0 Å². The first-order chi connectivity index (χ1) is 6.57. The zero-order valence-electron chi connectivity index (χ0n) is 8.69. The molecule has 1 aliphatic rings. The molecule has 14 heavy (non-hydrogen) atoms. The Morgan fingerprint density at radius 1 is 1.64 bits per heavy atom. The average molecular weight is 197 g/mol. The molecule has 0 radical (unpaired) electrons. The number of ether oxygens (including phenoxy) is 1. The summed E-state index contributed by atoms with van der Waals surface area (Å²) in [7, 11) is 0. The molecule has 4 heteroatoms. The van der Waals surface area contributed by atoms with Crippen LogP contribution in [0, 0.1) is 5.92 Å². The number of allylic oxidation sites excluding steroid dienone is 1. The van der Waals surface area contributed by atoms with Gasteiger partial charge in [-0.3, -0.25) is 4.79 Å². The molecule has 0 N–H and O–H groups in total. The number of hydrogen-bond donors (Lipinski definition) is 0. The number of imide groups is 1. The molecule has 2 amide bonds. The molecule has 0 aromatic heterocycles. The van der Waals surface area contributed by atoms with Crippen LogP contribution in [0.25, 0.3) is 0 Å². The molecule has 4 nitrogen and oxygen atoms in total. The van der Waals surface area contributed by atoms with E-state index in [9.17, 15) is 9.59 Å². The van der Waals surface area contributed by atoms with Crippen molar-refractivity contribution in [2.75, 3.05) is 6.61 Å². The molecule has 1 atom stereocenters. The summed E-state index contributed by atoms with van der Waals surface area (Å²) in [6.07, 6.45) is 2.46. The van der Waals surface area contributed by atoms with E-state index in [2.05, 4.69) is 0 Å². The van der Waals surface area contributed by atoms with Gasteiger partial charge in [0.15, 0.2) is 0 Å². The number of carbonyl (C=O) groups is 2. The van der Waals surface area contributed by atoms with Gasteiger partial charge < -0.3 is 4.74 Å². The van der Waals surface area contributed by atoms with Crippen molar-refractivity contribution in [1.29, 1.82) is 0 Å². The van der Waals surface area contributed by atoms with Crippen LogP contribution < -0.4 is 0 Å². The van der Waals surface area contributed by atoms with Crippen molar-refractivity contribution < 1.29 is 14.3 Å². The van der Waals surface area contributed by atoms with Crippen molar-refractivity contribution in [1.82, 2.24) is 4.90 Å². The van der Waals surface area contributed by atoms with E-state index in [4.69, 9.17) is 4.74 Å². The maximum absolute atomic E-state index is 11.5. The fraction of sp³-hybridized carbons (Fsp3) is 0.600. The van der Waals surface area contributed by atoms with E-state index < -0.39 is 6.09 Å². The van der Waals surface area contributed by atoms with Crippen molar-refractivity contribution in [3.63, 3.8) is 0 Å². The lowest BCUT2D eigenvalue weighted by Crippen LogP contribution is -2.40. The predicted octanol–water partition coefficient (Wildman–Crippen LogP) is 1.57. The van der Waals surface area contributed by atoms with Crippen LogP contribution in [0.3, 0.4) is 0 Å². The molecular weight excluding hydrogens is 182 g/mol. The Labute approximate surface area is 83.5 Å². The second-order valence-electron chi connectivity index (χ2n) is 3.60. The summed E-state index contributed by atoms with van der Waals surface area (Å²) in [5.41, 5.74) is 0. The SMILES string of the molecule is CC=CC(=O)N1C(=O)OC[C@H]1C(C)C. The highest BCUT2D eigenvalue weighted by Gasteiger charge is 2.38. The van der Waals surface area contributed by atoms with Crippen LogP contribution in [0.15, 0.2) is 12.2 Å². The molecule has 1 aliphatic heterocycles. The van der Waals surface area contributed by atoms with E-state index in [1.165, 1.54) is 11.0 Å². The van der Waals surface area contributed by atoms with Crippen molar-refractivity contribution in [3.8, 4) is 0 Å². The van der Waals surface area contributed by atoms with Gasteiger partial charge in [-0.25, -0.2) is 9.69 Å². The van der Waals surface area contributed by atoms with Crippen LogP contribution in [-0.2, 0) is 9.53 Å². The molecule has 0 spiro atoms. The highest BCUT2D eigenvalue weighted by molar-refractivity contribution is 5.99. The lowest BCUT2D eigenvalue weighted by Gasteiger charge is -2.20. The Hall–Kier alpha value is -1.32. The van der Waals surface area contributed by atoms with Gasteiger partial charge in [-0.05, 0) is 18.9 Å². The summed E-state index contributed by atoms with van der Waals surface area (Å²) in [5, 5.41) is 0. The third kappa shape index (κ3) is 1.95. The lowest BCUT2D eigenvalue weighted by molar-refractivity contribution is -0.124. The molecule has 1 fully saturated rings. The summed E-state index contributed by atoms with van der Waals surface area (Å²) in [6.45, 7) is 5.97. The molecule has 0 aromatic rings. The first-order valence-corrected chi connectivity index (χ1v) is 4.70. The second-order valence-corrected chi connectivity index (χ2v) is 3.60. The standard InChI is InChI=1S/C10H15NO3/c1-4-5-9(12)11-8(7(2)3)6-14-10(11)13/h4-5,7-8H,6H2,1-3H3/t8-/m0/s1. The van der Waals surface area contributed by atoms with Crippen molar-refractivity contribution >= 4 is 12.0 Å². The van der Waals surface area contributed by atoms with E-state index in [0.29, 0.717) is 6.61 Å². The van der Waals surface area contributed by atoms with Crippen LogP contribution in [0.5, 0.6) is 0 Å². The molecule has 78 valence electrons. The largest absolute Gasteiger partial charge is 0.447 e. The van der Waals surface area contributed by atoms with Gasteiger partial charge in [0.1, 0.15) is 6.61 Å². The van der Waals surface area contributed by atoms with Crippen LogP contribution >= 0.6 is 0 Å². The number of carbonyl (C=O) groups excluding carboxylic acids is 2. The van der Waals surface area contributed by atoms with Gasteiger partial charge in [0, 0.05) is 0 Å². The Bertz CT molecular complexity index is 271. The van der Waals surface area contributed by atoms with E-state index in [1.54, 1.807) is 13.0 Å². The summed E-state index contributed by atoms with van der Waals surface area (Å²) >= 11 is 0. The fourth-order valence-corrected chi connectivity index (χ4v) is 1.40. The minimum atomic E-state index is -0.535. The number of cyclic esters (lactones) is 1. The van der Waals surface area contributed by atoms with Crippen molar-refractivity contribution in [2.24, 2.45) is 5.92 Å². The zero-order valence-corrected chi connectivity index (χ0v) is 8.69. The summed E-state index contributed by atoms with van der Waals surface area (Å²) in [5.74, 6) is -0.0793. The van der Waals surface area contributed by atoms with Gasteiger partial charge >= 0.3 is 6.09 Å². The quantitative estimate of drug-likeness (QED) is 0.631. The van der Waals surface area contributed by atoms with Gasteiger partial charge in [0.05, 0.1) is 6.04 Å². The van der Waals surface area contributed by atoms with Crippen LogP contribution in [0.2, 0.25) is 0 Å². The Balaban J connectivity index is 2.81. The topological polar surface area (TPSA) is 46.6 Å². The van der Waals surface area contributed by atoms with Gasteiger partial charge in [-0.2, -0.15) is 0 Å². The zero-order chi connectivity index (χ0) is 10.7. The molecule has 0 aromatic carbocycles. The Morgan fingerprint density at radius 3 is 2.79 bits per heavy atom. The van der Waals surface area contributed by atoms with Crippen LogP contribution in [0.1, 0.15) is 20.8 Å². The van der Waals surface area contributed by atoms with Gasteiger partial charge in [0.25, 0.3) is 5.91 Å². The molecule has 1 saturated heterocycles. The van der Waals surface area contributed by atoms with Crippen molar-refractivity contribution in [2.45, 2.75) is 26.8 Å².